The highest BCUT2D eigenvalue weighted by Crippen LogP contribution is 2.31. The zero-order valence-corrected chi connectivity index (χ0v) is 8.48. The van der Waals surface area contributed by atoms with Crippen molar-refractivity contribution in [1.29, 1.82) is 0 Å². The van der Waals surface area contributed by atoms with Crippen LogP contribution in [-0.2, 0) is 0 Å². The van der Waals surface area contributed by atoms with Crippen LogP contribution >= 0.6 is 11.8 Å². The summed E-state index contributed by atoms with van der Waals surface area (Å²) < 4.78 is 0. The third kappa shape index (κ3) is 2.11. The van der Waals surface area contributed by atoms with Gasteiger partial charge < -0.3 is 0 Å². The molecule has 2 heteroatoms. The minimum atomic E-state index is 1.10. The zero-order valence-electron chi connectivity index (χ0n) is 7.66. The van der Waals surface area contributed by atoms with Gasteiger partial charge in [-0.05, 0) is 31.8 Å². The molecule has 1 aliphatic heterocycles. The summed E-state index contributed by atoms with van der Waals surface area (Å²) in [5, 5.41) is 1.10. The third-order valence-corrected chi connectivity index (χ3v) is 2.49. The largest absolute Gasteiger partial charge is 0.249 e. The Morgan fingerprint density at radius 1 is 1.42 bits per heavy atom. The maximum absolute atomic E-state index is 4.32. The summed E-state index contributed by atoms with van der Waals surface area (Å²) in [5.41, 5.74) is 1.23. The van der Waals surface area contributed by atoms with Crippen molar-refractivity contribution in [3.05, 3.63) is 34.9 Å². The molecule has 64 valence electrons. The molecule has 0 N–H and O–H groups in total. The van der Waals surface area contributed by atoms with Crippen molar-refractivity contribution >= 4 is 16.8 Å². The van der Waals surface area contributed by atoms with E-state index in [0.717, 1.165) is 5.04 Å². The molecule has 1 heterocycles. The van der Waals surface area contributed by atoms with Crippen LogP contribution in [0, 0.1) is 0 Å². The lowest BCUT2D eigenvalue weighted by Crippen LogP contribution is -1.87. The SMILES string of the molecule is C\C=C/N=C1/SC(C)=C/C1=C/C. The first-order chi connectivity index (χ1) is 5.77. The van der Waals surface area contributed by atoms with Gasteiger partial charge in [-0.3, -0.25) is 0 Å². The second-order valence-electron chi connectivity index (χ2n) is 2.52. The predicted octanol–water partition coefficient (Wildman–Crippen LogP) is 3.52. The third-order valence-electron chi connectivity index (χ3n) is 1.52. The average molecular weight is 179 g/mol. The molecule has 1 nitrogen and oxygen atoms in total. The van der Waals surface area contributed by atoms with E-state index in [1.165, 1.54) is 10.5 Å². The van der Waals surface area contributed by atoms with Crippen LogP contribution in [-0.4, -0.2) is 5.04 Å². The molecule has 0 aromatic carbocycles. The number of hydrogen-bond donors (Lipinski definition) is 0. The first-order valence-electron chi connectivity index (χ1n) is 3.99. The Morgan fingerprint density at radius 3 is 2.75 bits per heavy atom. The van der Waals surface area contributed by atoms with Crippen LogP contribution in [0.4, 0.5) is 0 Å². The molecular weight excluding hydrogens is 166 g/mol. The normalized spacial score (nSPS) is 24.4. The van der Waals surface area contributed by atoms with E-state index in [4.69, 9.17) is 0 Å². The summed E-state index contributed by atoms with van der Waals surface area (Å²) in [4.78, 5) is 5.63. The van der Waals surface area contributed by atoms with Crippen LogP contribution in [0.15, 0.2) is 39.9 Å². The van der Waals surface area contributed by atoms with E-state index in [9.17, 15) is 0 Å². The fourth-order valence-corrected chi connectivity index (χ4v) is 1.87. The number of thioether (sulfide) groups is 1. The zero-order chi connectivity index (χ0) is 8.97. The Bertz CT molecular complexity index is 282. The van der Waals surface area contributed by atoms with Gasteiger partial charge in [0.15, 0.2) is 0 Å². The summed E-state index contributed by atoms with van der Waals surface area (Å²) in [6.07, 6.45) is 8.02. The molecule has 0 unspecified atom stereocenters. The second kappa shape index (κ2) is 4.31. The van der Waals surface area contributed by atoms with Crippen molar-refractivity contribution < 1.29 is 0 Å². The van der Waals surface area contributed by atoms with Gasteiger partial charge in [0, 0.05) is 11.8 Å². The lowest BCUT2D eigenvalue weighted by atomic mass is 10.2. The van der Waals surface area contributed by atoms with Crippen LogP contribution in [0.2, 0.25) is 0 Å². The van der Waals surface area contributed by atoms with Crippen molar-refractivity contribution in [1.82, 2.24) is 0 Å². The van der Waals surface area contributed by atoms with E-state index in [0.29, 0.717) is 0 Å². The Kier molecular flexibility index (Phi) is 3.35. The molecule has 0 fully saturated rings. The van der Waals surface area contributed by atoms with E-state index in [-0.39, 0.29) is 0 Å². The van der Waals surface area contributed by atoms with E-state index in [1.807, 2.05) is 26.1 Å². The van der Waals surface area contributed by atoms with E-state index < -0.39 is 0 Å². The maximum Gasteiger partial charge on any atom is 0.107 e. The monoisotopic (exact) mass is 179 g/mol. The topological polar surface area (TPSA) is 12.4 Å². The smallest absolute Gasteiger partial charge is 0.107 e. The molecule has 0 aliphatic carbocycles. The highest BCUT2D eigenvalue weighted by molar-refractivity contribution is 8.18. The summed E-state index contributed by atoms with van der Waals surface area (Å²) in [6, 6.07) is 0. The second-order valence-corrected chi connectivity index (χ2v) is 3.75. The number of rotatable bonds is 1. The Hall–Kier alpha value is -0.760. The van der Waals surface area contributed by atoms with Gasteiger partial charge in [-0.15, -0.1) is 0 Å². The fourth-order valence-electron chi connectivity index (χ4n) is 0.972. The molecular formula is C10H13NS. The average Bonchev–Trinajstić information content (AvgIpc) is 2.42. The Balaban J connectivity index is 2.85. The molecule has 0 spiro atoms. The van der Waals surface area contributed by atoms with Gasteiger partial charge in [0.1, 0.15) is 5.04 Å². The number of nitrogens with zero attached hydrogens (tertiary/aromatic N) is 1. The van der Waals surface area contributed by atoms with Crippen LogP contribution in [0.25, 0.3) is 0 Å². The van der Waals surface area contributed by atoms with E-state index in [2.05, 4.69) is 24.1 Å². The molecule has 0 aromatic rings. The number of allylic oxidation sites excluding steroid dienone is 4. The molecule has 0 bridgehead atoms. The predicted molar refractivity (Wildman–Crippen MR) is 57.4 cm³/mol. The lowest BCUT2D eigenvalue weighted by molar-refractivity contribution is 1.52. The quantitative estimate of drug-likeness (QED) is 0.600. The minimum Gasteiger partial charge on any atom is -0.249 e. The Labute approximate surface area is 78.0 Å². The van der Waals surface area contributed by atoms with Crippen LogP contribution in [0.3, 0.4) is 0 Å². The van der Waals surface area contributed by atoms with Gasteiger partial charge in [-0.25, -0.2) is 4.99 Å². The summed E-state index contributed by atoms with van der Waals surface area (Å²) in [6.45, 7) is 6.11. The highest BCUT2D eigenvalue weighted by Gasteiger charge is 2.12. The molecule has 0 radical (unpaired) electrons. The van der Waals surface area contributed by atoms with Crippen LogP contribution in [0.5, 0.6) is 0 Å². The number of aliphatic imine (C=N–C) groups is 1. The summed E-state index contributed by atoms with van der Waals surface area (Å²) >= 11 is 1.73. The lowest BCUT2D eigenvalue weighted by Gasteiger charge is -1.94. The van der Waals surface area contributed by atoms with Gasteiger partial charge in [0.2, 0.25) is 0 Å². The van der Waals surface area contributed by atoms with Crippen molar-refractivity contribution in [3.63, 3.8) is 0 Å². The molecule has 0 saturated heterocycles. The van der Waals surface area contributed by atoms with Crippen LogP contribution in [0.1, 0.15) is 20.8 Å². The molecule has 0 saturated carbocycles. The molecule has 0 atom stereocenters. The molecule has 0 aromatic heterocycles. The molecule has 1 rings (SSSR count). The summed E-state index contributed by atoms with van der Waals surface area (Å²) in [5.74, 6) is 0. The fraction of sp³-hybridized carbons (Fsp3) is 0.300. The van der Waals surface area contributed by atoms with Crippen LogP contribution < -0.4 is 0 Å². The molecule has 12 heavy (non-hydrogen) atoms. The van der Waals surface area contributed by atoms with Crippen molar-refractivity contribution in [2.24, 2.45) is 4.99 Å². The first kappa shape index (κ1) is 9.33. The van der Waals surface area contributed by atoms with Crippen molar-refractivity contribution in [2.75, 3.05) is 0 Å². The molecule has 0 amide bonds. The van der Waals surface area contributed by atoms with E-state index in [1.54, 1.807) is 11.8 Å². The van der Waals surface area contributed by atoms with Gasteiger partial charge in [-0.2, -0.15) is 0 Å². The van der Waals surface area contributed by atoms with Crippen molar-refractivity contribution in [2.45, 2.75) is 20.8 Å². The summed E-state index contributed by atoms with van der Waals surface area (Å²) in [7, 11) is 0. The number of hydrogen-bond acceptors (Lipinski definition) is 2. The molecule has 1 aliphatic rings. The van der Waals surface area contributed by atoms with Crippen molar-refractivity contribution in [3.8, 4) is 0 Å². The standard InChI is InChI=1S/C10H13NS/c1-4-6-11-10-9(5-2)7-8(3)12-10/h4-7H,1-3H3/b6-4-,9-5-,11-10+. The maximum atomic E-state index is 4.32. The van der Waals surface area contributed by atoms with E-state index >= 15 is 0 Å². The Morgan fingerprint density at radius 2 is 2.17 bits per heavy atom. The van der Waals surface area contributed by atoms with Gasteiger partial charge in [0.05, 0.1) is 0 Å². The minimum absolute atomic E-state index is 1.10. The first-order valence-corrected chi connectivity index (χ1v) is 4.81. The van der Waals surface area contributed by atoms with Gasteiger partial charge in [-0.1, -0.05) is 23.9 Å². The van der Waals surface area contributed by atoms with Gasteiger partial charge >= 0.3 is 0 Å². The highest BCUT2D eigenvalue weighted by atomic mass is 32.2. The van der Waals surface area contributed by atoms with Gasteiger partial charge in [0.25, 0.3) is 0 Å².